The summed E-state index contributed by atoms with van der Waals surface area (Å²) in [6.45, 7) is 0. The smallest absolute Gasteiger partial charge is 0.339 e. The highest BCUT2D eigenvalue weighted by molar-refractivity contribution is 7.87. The van der Waals surface area contributed by atoms with Crippen molar-refractivity contribution >= 4 is 51.0 Å². The van der Waals surface area contributed by atoms with Crippen LogP contribution in [0.1, 0.15) is 5.56 Å². The minimum atomic E-state index is -3.96. The molecule has 0 radical (unpaired) electrons. The summed E-state index contributed by atoms with van der Waals surface area (Å²) in [5.41, 5.74) is 0.588. The van der Waals surface area contributed by atoms with Gasteiger partial charge in [0.2, 0.25) is 0 Å². The van der Waals surface area contributed by atoms with E-state index in [4.69, 9.17) is 27.4 Å². The number of nitrogens with one attached hydrogen (secondary N) is 1. The van der Waals surface area contributed by atoms with Gasteiger partial charge in [-0.1, -0.05) is 53.5 Å². The number of halogens is 2. The van der Waals surface area contributed by atoms with Crippen molar-refractivity contribution in [1.29, 1.82) is 5.26 Å². The highest BCUT2D eigenvalue weighted by Crippen LogP contribution is 2.26. The Morgan fingerprint density at radius 2 is 1.68 bits per heavy atom. The Bertz CT molecular complexity index is 1280. The van der Waals surface area contributed by atoms with Crippen LogP contribution in [-0.4, -0.2) is 14.3 Å². The molecule has 9 heteroatoms. The van der Waals surface area contributed by atoms with Crippen LogP contribution < -0.4 is 9.50 Å². The minimum Gasteiger partial charge on any atom is -0.379 e. The maximum atomic E-state index is 12.4. The van der Waals surface area contributed by atoms with Crippen LogP contribution in [0.5, 0.6) is 5.75 Å². The fraction of sp³-hybridized carbons (Fsp3) is 0. The van der Waals surface area contributed by atoms with E-state index in [2.05, 4.69) is 5.32 Å². The first-order valence-corrected chi connectivity index (χ1v) is 10.9. The van der Waals surface area contributed by atoms with E-state index in [1.54, 1.807) is 24.3 Å². The van der Waals surface area contributed by atoms with E-state index in [0.29, 0.717) is 10.6 Å². The van der Waals surface area contributed by atoms with Gasteiger partial charge in [-0.05, 0) is 54.1 Å². The largest absolute Gasteiger partial charge is 0.379 e. The molecule has 0 aliphatic rings. The number of anilines is 1. The fourth-order valence-corrected chi connectivity index (χ4v) is 3.77. The zero-order valence-corrected chi connectivity index (χ0v) is 18.1. The van der Waals surface area contributed by atoms with Gasteiger partial charge in [-0.3, -0.25) is 4.79 Å². The van der Waals surface area contributed by atoms with Crippen LogP contribution in [0, 0.1) is 11.3 Å². The lowest BCUT2D eigenvalue weighted by atomic mass is 10.1. The molecule has 0 bridgehead atoms. The molecule has 0 aromatic heterocycles. The first kappa shape index (κ1) is 22.4. The number of rotatable bonds is 6. The second-order valence-corrected chi connectivity index (χ2v) is 8.56. The van der Waals surface area contributed by atoms with Gasteiger partial charge < -0.3 is 9.50 Å². The van der Waals surface area contributed by atoms with Gasteiger partial charge in [-0.25, -0.2) is 0 Å². The number of nitrogens with zero attached hydrogens (tertiary/aromatic N) is 1. The molecule has 3 rings (SSSR count). The molecule has 0 aliphatic carbocycles. The van der Waals surface area contributed by atoms with Crippen molar-refractivity contribution in [2.24, 2.45) is 0 Å². The third-order valence-electron chi connectivity index (χ3n) is 3.97. The Kier molecular flexibility index (Phi) is 6.98. The Labute approximate surface area is 189 Å². The summed E-state index contributed by atoms with van der Waals surface area (Å²) in [6, 6.07) is 20.0. The Balaban J connectivity index is 1.75. The SMILES string of the molecule is N#C/C(=C\c1ccc(OS(=O)(=O)c2ccccc2)cc1)C(=O)Nc1cc(Cl)ccc1Cl. The number of carbonyl (C=O) groups is 1. The normalized spacial score (nSPS) is 11.5. The summed E-state index contributed by atoms with van der Waals surface area (Å²) in [5, 5.41) is 12.5. The maximum absolute atomic E-state index is 12.4. The van der Waals surface area contributed by atoms with E-state index in [1.807, 2.05) is 6.07 Å². The summed E-state index contributed by atoms with van der Waals surface area (Å²) < 4.78 is 29.7. The molecular weight excluding hydrogens is 459 g/mol. The molecule has 0 saturated carbocycles. The van der Waals surface area contributed by atoms with E-state index in [0.717, 1.165) is 0 Å². The number of nitriles is 1. The van der Waals surface area contributed by atoms with Crippen LogP contribution in [0.25, 0.3) is 6.08 Å². The zero-order valence-electron chi connectivity index (χ0n) is 15.7. The first-order chi connectivity index (χ1) is 14.8. The number of amides is 1. The molecular formula is C22H14Cl2N2O4S. The highest BCUT2D eigenvalue weighted by Gasteiger charge is 2.16. The lowest BCUT2D eigenvalue weighted by molar-refractivity contribution is -0.112. The predicted molar refractivity (Wildman–Crippen MR) is 119 cm³/mol. The average molecular weight is 473 g/mol. The van der Waals surface area contributed by atoms with E-state index in [-0.39, 0.29) is 26.9 Å². The number of benzene rings is 3. The third kappa shape index (κ3) is 5.86. The summed E-state index contributed by atoms with van der Waals surface area (Å²) >= 11 is 11.9. The fourth-order valence-electron chi connectivity index (χ4n) is 2.48. The molecule has 3 aromatic carbocycles. The quantitative estimate of drug-likeness (QED) is 0.298. The molecule has 31 heavy (non-hydrogen) atoms. The van der Waals surface area contributed by atoms with Crippen molar-refractivity contribution in [3.8, 4) is 11.8 Å². The van der Waals surface area contributed by atoms with Gasteiger partial charge in [0, 0.05) is 5.02 Å². The van der Waals surface area contributed by atoms with Crippen LogP contribution in [0.3, 0.4) is 0 Å². The third-order valence-corrected chi connectivity index (χ3v) is 5.80. The van der Waals surface area contributed by atoms with E-state index >= 15 is 0 Å². The molecule has 156 valence electrons. The van der Waals surface area contributed by atoms with Gasteiger partial charge in [0.1, 0.15) is 22.3 Å². The van der Waals surface area contributed by atoms with Crippen molar-refractivity contribution in [2.75, 3.05) is 5.32 Å². The Morgan fingerprint density at radius 3 is 2.32 bits per heavy atom. The Morgan fingerprint density at radius 1 is 1.00 bits per heavy atom. The molecule has 0 heterocycles. The summed E-state index contributed by atoms with van der Waals surface area (Å²) in [5.74, 6) is -0.576. The lowest BCUT2D eigenvalue weighted by Crippen LogP contribution is -2.13. The average Bonchev–Trinajstić information content (AvgIpc) is 2.76. The van der Waals surface area contributed by atoms with Crippen molar-refractivity contribution in [3.05, 3.63) is 94.0 Å². The molecule has 1 N–H and O–H groups in total. The highest BCUT2D eigenvalue weighted by atomic mass is 35.5. The minimum absolute atomic E-state index is 0.0297. The van der Waals surface area contributed by atoms with Crippen LogP contribution in [-0.2, 0) is 14.9 Å². The van der Waals surface area contributed by atoms with Crippen molar-refractivity contribution in [1.82, 2.24) is 0 Å². The molecule has 0 spiro atoms. The molecule has 3 aromatic rings. The first-order valence-electron chi connectivity index (χ1n) is 8.76. The number of carbonyl (C=O) groups excluding carboxylic acids is 1. The van der Waals surface area contributed by atoms with Crippen LogP contribution >= 0.6 is 23.2 Å². The van der Waals surface area contributed by atoms with E-state index in [9.17, 15) is 18.5 Å². The molecule has 1 amide bonds. The zero-order chi connectivity index (χ0) is 22.4. The van der Waals surface area contributed by atoms with Gasteiger partial charge in [0.15, 0.2) is 0 Å². The van der Waals surface area contributed by atoms with Gasteiger partial charge in [0.25, 0.3) is 5.91 Å². The summed E-state index contributed by atoms with van der Waals surface area (Å²) in [6.07, 6.45) is 1.35. The Hall–Kier alpha value is -3.31. The van der Waals surface area contributed by atoms with Crippen LogP contribution in [0.15, 0.2) is 83.3 Å². The molecule has 0 unspecified atom stereocenters. The summed E-state index contributed by atoms with van der Waals surface area (Å²) in [4.78, 5) is 12.4. The standard InChI is InChI=1S/C22H14Cl2N2O4S/c23-17-8-11-20(24)21(13-17)26-22(27)16(14-25)12-15-6-9-18(10-7-15)30-31(28,29)19-4-2-1-3-5-19/h1-13H,(H,26,27)/b16-12+. The number of hydrogen-bond donors (Lipinski definition) is 1. The molecule has 0 atom stereocenters. The maximum Gasteiger partial charge on any atom is 0.339 e. The van der Waals surface area contributed by atoms with Crippen molar-refractivity contribution < 1.29 is 17.4 Å². The monoisotopic (exact) mass is 472 g/mol. The topological polar surface area (TPSA) is 96.3 Å². The number of hydrogen-bond acceptors (Lipinski definition) is 5. The van der Waals surface area contributed by atoms with Gasteiger partial charge in [0.05, 0.1) is 10.7 Å². The molecule has 6 nitrogen and oxygen atoms in total. The predicted octanol–water partition coefficient (Wildman–Crippen LogP) is 5.31. The van der Waals surface area contributed by atoms with Crippen molar-refractivity contribution in [3.63, 3.8) is 0 Å². The molecule has 0 saturated heterocycles. The van der Waals surface area contributed by atoms with Gasteiger partial charge in [-0.15, -0.1) is 0 Å². The lowest BCUT2D eigenvalue weighted by Gasteiger charge is -2.08. The van der Waals surface area contributed by atoms with Crippen LogP contribution in [0.4, 0.5) is 5.69 Å². The second kappa shape index (κ2) is 9.67. The molecule has 0 fully saturated rings. The molecule has 0 aliphatic heterocycles. The van der Waals surface area contributed by atoms with E-state index in [1.165, 1.54) is 54.6 Å². The van der Waals surface area contributed by atoms with Gasteiger partial charge >= 0.3 is 10.1 Å². The van der Waals surface area contributed by atoms with E-state index < -0.39 is 16.0 Å². The van der Waals surface area contributed by atoms with Crippen LogP contribution in [0.2, 0.25) is 10.0 Å². The second-order valence-electron chi connectivity index (χ2n) is 6.17. The van der Waals surface area contributed by atoms with Gasteiger partial charge in [-0.2, -0.15) is 13.7 Å². The summed E-state index contributed by atoms with van der Waals surface area (Å²) in [7, 11) is -3.96. The van der Waals surface area contributed by atoms with Crippen molar-refractivity contribution in [2.45, 2.75) is 4.90 Å².